The lowest BCUT2D eigenvalue weighted by molar-refractivity contribution is 0.631. The highest BCUT2D eigenvalue weighted by molar-refractivity contribution is 7.99. The lowest BCUT2D eigenvalue weighted by Crippen LogP contribution is -1.93. The molecular weight excluding hydrogens is 313 g/mol. The maximum Gasteiger partial charge on any atom is 0.147 e. The molecule has 7 heteroatoms. The molecule has 0 saturated heterocycles. The summed E-state index contributed by atoms with van der Waals surface area (Å²) in [6.45, 7) is 0. The van der Waals surface area contributed by atoms with Crippen molar-refractivity contribution in [3.63, 3.8) is 0 Å². The largest absolute Gasteiger partial charge is 0.396 e. The van der Waals surface area contributed by atoms with Crippen LogP contribution >= 0.6 is 35.0 Å². The number of rotatable bonds is 2. The second-order valence-electron chi connectivity index (χ2n) is 3.71. The van der Waals surface area contributed by atoms with Crippen LogP contribution in [0.3, 0.4) is 0 Å². The molecule has 0 heterocycles. The van der Waals surface area contributed by atoms with Gasteiger partial charge in [0.15, 0.2) is 0 Å². The molecule has 100 valence electrons. The highest BCUT2D eigenvalue weighted by Crippen LogP contribution is 2.40. The Morgan fingerprint density at radius 2 is 1.16 bits per heavy atom. The van der Waals surface area contributed by atoms with E-state index in [4.69, 9.17) is 34.7 Å². The van der Waals surface area contributed by atoms with Crippen molar-refractivity contribution in [3.05, 3.63) is 45.9 Å². The third-order valence-electron chi connectivity index (χ3n) is 2.32. The second kappa shape index (κ2) is 5.45. The fraction of sp³-hybridized carbons (Fsp3) is 0. The van der Waals surface area contributed by atoms with E-state index in [0.717, 1.165) is 23.9 Å². The molecule has 0 fully saturated rings. The zero-order valence-electron chi connectivity index (χ0n) is 9.38. The highest BCUT2D eigenvalue weighted by atomic mass is 35.5. The maximum absolute atomic E-state index is 13.2. The first-order chi connectivity index (χ1) is 8.88. The Kier molecular flexibility index (Phi) is 4.08. The summed E-state index contributed by atoms with van der Waals surface area (Å²) in [5.41, 5.74) is 10.9. The first-order valence-corrected chi connectivity index (χ1v) is 6.62. The number of hydrogen-bond acceptors (Lipinski definition) is 3. The molecule has 2 rings (SSSR count). The SMILES string of the molecule is Nc1cc(Sc2cc(N)c(F)cc2Cl)c(Cl)cc1F. The van der Waals surface area contributed by atoms with Crippen molar-refractivity contribution in [2.24, 2.45) is 0 Å². The number of nitrogen functional groups attached to an aromatic ring is 2. The van der Waals surface area contributed by atoms with Gasteiger partial charge in [0.05, 0.1) is 21.4 Å². The van der Waals surface area contributed by atoms with Crippen molar-refractivity contribution in [3.8, 4) is 0 Å². The summed E-state index contributed by atoms with van der Waals surface area (Å²) in [5, 5.41) is 0.381. The molecule has 0 radical (unpaired) electrons. The molecule has 0 spiro atoms. The normalized spacial score (nSPS) is 10.7. The van der Waals surface area contributed by atoms with Crippen LogP contribution in [-0.4, -0.2) is 0 Å². The smallest absolute Gasteiger partial charge is 0.147 e. The van der Waals surface area contributed by atoms with Crippen LogP contribution in [0.1, 0.15) is 0 Å². The van der Waals surface area contributed by atoms with E-state index in [0.29, 0.717) is 9.79 Å². The third-order valence-corrected chi connectivity index (χ3v) is 4.29. The fourth-order valence-corrected chi connectivity index (χ4v) is 2.82. The molecule has 0 unspecified atom stereocenters. The minimum Gasteiger partial charge on any atom is -0.396 e. The molecule has 0 bridgehead atoms. The van der Waals surface area contributed by atoms with Crippen molar-refractivity contribution in [1.82, 2.24) is 0 Å². The summed E-state index contributed by atoms with van der Waals surface area (Å²) < 4.78 is 26.4. The van der Waals surface area contributed by atoms with Crippen LogP contribution in [0.4, 0.5) is 20.2 Å². The Morgan fingerprint density at radius 3 is 1.53 bits per heavy atom. The summed E-state index contributed by atoms with van der Waals surface area (Å²) >= 11 is 12.9. The van der Waals surface area contributed by atoms with E-state index in [1.807, 2.05) is 0 Å². The molecule has 0 aliphatic carbocycles. The van der Waals surface area contributed by atoms with Gasteiger partial charge in [0.25, 0.3) is 0 Å². The van der Waals surface area contributed by atoms with E-state index in [1.165, 1.54) is 12.1 Å². The zero-order valence-corrected chi connectivity index (χ0v) is 11.7. The van der Waals surface area contributed by atoms with Crippen molar-refractivity contribution < 1.29 is 8.78 Å². The van der Waals surface area contributed by atoms with E-state index in [1.54, 1.807) is 0 Å². The molecule has 0 saturated carbocycles. The van der Waals surface area contributed by atoms with E-state index in [2.05, 4.69) is 0 Å². The van der Waals surface area contributed by atoms with Gasteiger partial charge >= 0.3 is 0 Å². The van der Waals surface area contributed by atoms with Crippen LogP contribution in [0.5, 0.6) is 0 Å². The Hall–Kier alpha value is -1.17. The van der Waals surface area contributed by atoms with E-state index in [-0.39, 0.29) is 21.4 Å². The first kappa shape index (κ1) is 14.2. The van der Waals surface area contributed by atoms with Gasteiger partial charge in [-0.05, 0) is 24.3 Å². The molecule has 0 aliphatic heterocycles. The molecule has 19 heavy (non-hydrogen) atoms. The first-order valence-electron chi connectivity index (χ1n) is 5.05. The number of benzene rings is 2. The van der Waals surface area contributed by atoms with Crippen LogP contribution in [0.2, 0.25) is 10.0 Å². The minimum atomic E-state index is -0.598. The summed E-state index contributed by atoms with van der Waals surface area (Å²) in [4.78, 5) is 1.02. The van der Waals surface area contributed by atoms with Gasteiger partial charge in [-0.3, -0.25) is 0 Å². The van der Waals surface area contributed by atoms with Gasteiger partial charge in [-0.15, -0.1) is 0 Å². The summed E-state index contributed by atoms with van der Waals surface area (Å²) in [5.74, 6) is -1.20. The topological polar surface area (TPSA) is 52.0 Å². The maximum atomic E-state index is 13.2. The van der Waals surface area contributed by atoms with Gasteiger partial charge in [-0.2, -0.15) is 0 Å². The monoisotopic (exact) mass is 320 g/mol. The number of halogens is 4. The van der Waals surface area contributed by atoms with Crippen molar-refractivity contribution in [1.29, 1.82) is 0 Å². The number of anilines is 2. The van der Waals surface area contributed by atoms with Crippen LogP contribution in [0, 0.1) is 11.6 Å². The molecular formula is C12H8Cl2F2N2S. The van der Waals surface area contributed by atoms with Crippen LogP contribution in [0.15, 0.2) is 34.1 Å². The van der Waals surface area contributed by atoms with Gasteiger partial charge < -0.3 is 11.5 Å². The number of hydrogen-bond donors (Lipinski definition) is 2. The van der Waals surface area contributed by atoms with Crippen molar-refractivity contribution in [2.75, 3.05) is 11.5 Å². The van der Waals surface area contributed by atoms with E-state index < -0.39 is 11.6 Å². The van der Waals surface area contributed by atoms with Crippen LogP contribution in [0.25, 0.3) is 0 Å². The molecule has 4 N–H and O–H groups in total. The Bertz CT molecular complexity index is 595. The molecule has 0 atom stereocenters. The van der Waals surface area contributed by atoms with E-state index >= 15 is 0 Å². The number of nitrogens with two attached hydrogens (primary N) is 2. The molecule has 0 aliphatic rings. The van der Waals surface area contributed by atoms with Crippen LogP contribution in [-0.2, 0) is 0 Å². The average Bonchev–Trinajstić information content (AvgIpc) is 2.32. The minimum absolute atomic E-state index is 0.0295. The lowest BCUT2D eigenvalue weighted by Gasteiger charge is -2.09. The summed E-state index contributed by atoms with van der Waals surface area (Å²) in [6, 6.07) is 5.00. The summed E-state index contributed by atoms with van der Waals surface area (Å²) in [7, 11) is 0. The fourth-order valence-electron chi connectivity index (χ4n) is 1.36. The molecule has 0 amide bonds. The van der Waals surface area contributed by atoms with Gasteiger partial charge in [-0.25, -0.2) is 8.78 Å². The molecule has 0 aromatic heterocycles. The predicted octanol–water partition coefficient (Wildman–Crippen LogP) is 4.59. The van der Waals surface area contributed by atoms with Crippen molar-refractivity contribution in [2.45, 2.75) is 9.79 Å². The molecule has 2 aromatic rings. The average molecular weight is 321 g/mol. The third kappa shape index (κ3) is 3.05. The van der Waals surface area contributed by atoms with Gasteiger partial charge in [0.1, 0.15) is 11.6 Å². The molecule has 2 aromatic carbocycles. The van der Waals surface area contributed by atoms with E-state index in [9.17, 15) is 8.78 Å². The zero-order chi connectivity index (χ0) is 14.2. The van der Waals surface area contributed by atoms with Gasteiger partial charge in [0, 0.05) is 9.79 Å². The quantitative estimate of drug-likeness (QED) is 0.796. The molecule has 2 nitrogen and oxygen atoms in total. The standard InChI is InChI=1S/C12H8Cl2F2N2S/c13-5-1-7(15)9(17)3-11(5)19-12-4-10(18)8(16)2-6(12)14/h1-4H,17-18H2. The van der Waals surface area contributed by atoms with Gasteiger partial charge in [0.2, 0.25) is 0 Å². The summed E-state index contributed by atoms with van der Waals surface area (Å²) in [6.07, 6.45) is 0. The van der Waals surface area contributed by atoms with Crippen LogP contribution < -0.4 is 11.5 Å². The Morgan fingerprint density at radius 1 is 0.789 bits per heavy atom. The Balaban J connectivity index is 2.42. The van der Waals surface area contributed by atoms with Gasteiger partial charge in [-0.1, -0.05) is 35.0 Å². The predicted molar refractivity (Wildman–Crippen MR) is 75.8 cm³/mol. The van der Waals surface area contributed by atoms with Crippen molar-refractivity contribution >= 4 is 46.3 Å². The Labute approximate surface area is 122 Å². The highest BCUT2D eigenvalue weighted by Gasteiger charge is 2.12. The second-order valence-corrected chi connectivity index (χ2v) is 5.61. The lowest BCUT2D eigenvalue weighted by atomic mass is 10.3.